The molecule has 0 saturated carbocycles. The fraction of sp³-hybridized carbons (Fsp3) is 0.300. The van der Waals surface area contributed by atoms with Gasteiger partial charge in [0.05, 0.1) is 40.1 Å². The first-order valence-corrected chi connectivity index (χ1v) is 13.7. The number of rotatable bonds is 6. The summed E-state index contributed by atoms with van der Waals surface area (Å²) >= 11 is 6.74. The van der Waals surface area contributed by atoms with Gasteiger partial charge in [0.25, 0.3) is 0 Å². The molecule has 0 aliphatic carbocycles. The molecular weight excluding hydrogens is 547 g/mol. The molecule has 9 nitrogen and oxygen atoms in total. The standard InChI is InChI=1S/C30H30ClFN6O3/c1-5-24(40)36-12-13-37(19(15-36)16-39)28-21-14-22(31)26(20-8-6-7-9-23(20)32)34-29(21)38(30(41)35-28)27-18(4)10-11-33-25(27)17(2)3/h5-11,14,17,19,39H,1,12-13,15-16H2,2-4H3/t19-/m1/s1. The monoisotopic (exact) mass is 576 g/mol. The first-order chi connectivity index (χ1) is 19.7. The SMILES string of the molecule is C=CC(=O)N1CCN(c2nc(=O)n(-c3c(C)ccnc3C(C)C)c3nc(-c4ccccc4F)c(Cl)cc23)[C@@H](CO)C1. The summed E-state index contributed by atoms with van der Waals surface area (Å²) in [6.45, 7) is 9.93. The smallest absolute Gasteiger partial charge is 0.355 e. The minimum Gasteiger partial charge on any atom is -0.394 e. The number of nitrogens with zero attached hydrogens (tertiary/aromatic N) is 6. The Balaban J connectivity index is 1.82. The van der Waals surface area contributed by atoms with Crippen molar-refractivity contribution in [3.05, 3.63) is 87.8 Å². The number of benzene rings is 1. The van der Waals surface area contributed by atoms with Gasteiger partial charge in [0.2, 0.25) is 5.91 Å². The largest absolute Gasteiger partial charge is 0.394 e. The number of aliphatic hydroxyl groups is 1. The van der Waals surface area contributed by atoms with Crippen molar-refractivity contribution in [2.75, 3.05) is 31.1 Å². The highest BCUT2D eigenvalue weighted by Crippen LogP contribution is 2.36. The highest BCUT2D eigenvalue weighted by Gasteiger charge is 2.32. The van der Waals surface area contributed by atoms with E-state index in [-0.39, 0.29) is 52.7 Å². The molecule has 0 unspecified atom stereocenters. The molecule has 41 heavy (non-hydrogen) atoms. The molecule has 11 heteroatoms. The number of carbonyl (C=O) groups is 1. The van der Waals surface area contributed by atoms with Crippen molar-refractivity contribution < 1.29 is 14.3 Å². The van der Waals surface area contributed by atoms with E-state index < -0.39 is 17.5 Å². The fourth-order valence-corrected chi connectivity index (χ4v) is 5.53. The maximum absolute atomic E-state index is 14.9. The van der Waals surface area contributed by atoms with E-state index in [1.807, 2.05) is 20.8 Å². The van der Waals surface area contributed by atoms with Crippen LogP contribution in [0.3, 0.4) is 0 Å². The number of hydrogen-bond donors (Lipinski definition) is 1. The second-order valence-electron chi connectivity index (χ2n) is 10.3. The van der Waals surface area contributed by atoms with Crippen molar-refractivity contribution in [1.82, 2.24) is 24.4 Å². The number of hydrogen-bond acceptors (Lipinski definition) is 7. The van der Waals surface area contributed by atoms with E-state index in [1.54, 1.807) is 46.3 Å². The maximum atomic E-state index is 14.9. The van der Waals surface area contributed by atoms with Crippen molar-refractivity contribution in [3.8, 4) is 16.9 Å². The molecule has 5 rings (SSSR count). The first kappa shape index (κ1) is 28.4. The van der Waals surface area contributed by atoms with Crippen LogP contribution in [0.4, 0.5) is 10.2 Å². The Kier molecular flexibility index (Phi) is 7.88. The molecule has 1 N–H and O–H groups in total. The average molecular weight is 577 g/mol. The second kappa shape index (κ2) is 11.4. The number of aliphatic hydroxyl groups excluding tert-OH is 1. The molecule has 0 spiro atoms. The number of fused-ring (bicyclic) bond motifs is 1. The lowest BCUT2D eigenvalue weighted by atomic mass is 10.0. The number of aromatic nitrogens is 4. The molecule has 1 aliphatic rings. The number of aryl methyl sites for hydroxylation is 1. The van der Waals surface area contributed by atoms with Gasteiger partial charge >= 0.3 is 5.69 Å². The Bertz CT molecular complexity index is 1720. The molecule has 3 aromatic heterocycles. The molecule has 1 amide bonds. The summed E-state index contributed by atoms with van der Waals surface area (Å²) in [5.41, 5.74) is 1.99. The van der Waals surface area contributed by atoms with Crippen LogP contribution in [-0.4, -0.2) is 67.7 Å². The molecule has 1 aliphatic heterocycles. The summed E-state index contributed by atoms with van der Waals surface area (Å²) < 4.78 is 16.3. The third-order valence-electron chi connectivity index (χ3n) is 7.31. The van der Waals surface area contributed by atoms with E-state index in [1.165, 1.54) is 16.7 Å². The minimum atomic E-state index is -0.610. The van der Waals surface area contributed by atoms with E-state index in [0.29, 0.717) is 29.9 Å². The van der Waals surface area contributed by atoms with Crippen molar-refractivity contribution in [2.24, 2.45) is 0 Å². The van der Waals surface area contributed by atoms with Crippen LogP contribution in [-0.2, 0) is 4.79 Å². The average Bonchev–Trinajstić information content (AvgIpc) is 2.96. The van der Waals surface area contributed by atoms with Gasteiger partial charge in [-0.25, -0.2) is 18.7 Å². The highest BCUT2D eigenvalue weighted by atomic mass is 35.5. The van der Waals surface area contributed by atoms with E-state index >= 15 is 0 Å². The maximum Gasteiger partial charge on any atom is 0.355 e. The Morgan fingerprint density at radius 1 is 1.24 bits per heavy atom. The number of amides is 1. The molecule has 4 aromatic rings. The van der Waals surface area contributed by atoms with Crippen LogP contribution in [0.5, 0.6) is 0 Å². The number of anilines is 1. The Morgan fingerprint density at radius 3 is 2.68 bits per heavy atom. The third kappa shape index (κ3) is 5.09. The molecule has 0 bridgehead atoms. The van der Waals surface area contributed by atoms with Crippen LogP contribution in [0.25, 0.3) is 28.0 Å². The molecule has 1 saturated heterocycles. The first-order valence-electron chi connectivity index (χ1n) is 13.3. The van der Waals surface area contributed by atoms with Gasteiger partial charge in [0, 0.05) is 31.4 Å². The van der Waals surface area contributed by atoms with Crippen LogP contribution < -0.4 is 10.6 Å². The Labute approximate surface area is 241 Å². The zero-order valence-electron chi connectivity index (χ0n) is 23.0. The van der Waals surface area contributed by atoms with Gasteiger partial charge < -0.3 is 14.9 Å². The summed E-state index contributed by atoms with van der Waals surface area (Å²) in [6.07, 6.45) is 2.92. The fourth-order valence-electron chi connectivity index (χ4n) is 5.27. The molecule has 1 atom stereocenters. The zero-order valence-corrected chi connectivity index (χ0v) is 23.8. The Morgan fingerprint density at radius 2 is 2.00 bits per heavy atom. The topological polar surface area (TPSA) is 104 Å². The number of piperazine rings is 1. The van der Waals surface area contributed by atoms with Gasteiger partial charge in [-0.05, 0) is 48.7 Å². The van der Waals surface area contributed by atoms with E-state index in [2.05, 4.69) is 16.5 Å². The lowest BCUT2D eigenvalue weighted by Crippen LogP contribution is -2.56. The van der Waals surface area contributed by atoms with Crippen LogP contribution in [0.1, 0.15) is 31.0 Å². The summed E-state index contributed by atoms with van der Waals surface area (Å²) in [7, 11) is 0. The van der Waals surface area contributed by atoms with Gasteiger partial charge in [-0.3, -0.25) is 9.78 Å². The van der Waals surface area contributed by atoms with E-state index in [4.69, 9.17) is 16.6 Å². The molecular formula is C30H30ClFN6O3. The molecule has 212 valence electrons. The van der Waals surface area contributed by atoms with Crippen molar-refractivity contribution >= 4 is 34.4 Å². The van der Waals surface area contributed by atoms with E-state index in [9.17, 15) is 19.1 Å². The number of pyridine rings is 2. The van der Waals surface area contributed by atoms with Gasteiger partial charge in [-0.15, -0.1) is 0 Å². The van der Waals surface area contributed by atoms with Crippen LogP contribution in [0.2, 0.25) is 5.02 Å². The van der Waals surface area contributed by atoms with Gasteiger partial charge in [0.15, 0.2) is 5.65 Å². The number of carbonyl (C=O) groups excluding carboxylic acids is 1. The summed E-state index contributed by atoms with van der Waals surface area (Å²) in [4.78, 5) is 43.5. The van der Waals surface area contributed by atoms with Gasteiger partial charge in [-0.2, -0.15) is 4.98 Å². The van der Waals surface area contributed by atoms with Crippen molar-refractivity contribution in [2.45, 2.75) is 32.7 Å². The molecule has 0 radical (unpaired) electrons. The van der Waals surface area contributed by atoms with Gasteiger partial charge in [-0.1, -0.05) is 44.2 Å². The molecule has 1 fully saturated rings. The van der Waals surface area contributed by atoms with Crippen LogP contribution in [0, 0.1) is 12.7 Å². The normalized spacial score (nSPS) is 15.5. The summed E-state index contributed by atoms with van der Waals surface area (Å²) in [5, 5.41) is 10.9. The second-order valence-corrected chi connectivity index (χ2v) is 10.7. The van der Waals surface area contributed by atoms with Crippen molar-refractivity contribution in [1.29, 1.82) is 0 Å². The van der Waals surface area contributed by atoms with Gasteiger partial charge in [0.1, 0.15) is 11.6 Å². The van der Waals surface area contributed by atoms with E-state index in [0.717, 1.165) is 5.56 Å². The lowest BCUT2D eigenvalue weighted by Gasteiger charge is -2.41. The summed E-state index contributed by atoms with van der Waals surface area (Å²) in [5.74, 6) is -0.510. The Hall–Kier alpha value is -4.15. The predicted molar refractivity (Wildman–Crippen MR) is 157 cm³/mol. The molecule has 1 aromatic carbocycles. The van der Waals surface area contributed by atoms with Crippen molar-refractivity contribution in [3.63, 3.8) is 0 Å². The predicted octanol–water partition coefficient (Wildman–Crippen LogP) is 4.26. The highest BCUT2D eigenvalue weighted by molar-refractivity contribution is 6.33. The lowest BCUT2D eigenvalue weighted by molar-refractivity contribution is -0.126. The number of halogens is 2. The quantitative estimate of drug-likeness (QED) is 0.342. The van der Waals surface area contributed by atoms with Crippen LogP contribution in [0.15, 0.2) is 60.0 Å². The molecule has 4 heterocycles. The minimum absolute atomic E-state index is 0.0286. The zero-order chi connectivity index (χ0) is 29.4. The summed E-state index contributed by atoms with van der Waals surface area (Å²) in [6, 6.07) is 9.04. The third-order valence-corrected chi connectivity index (χ3v) is 7.60. The van der Waals surface area contributed by atoms with Crippen LogP contribution >= 0.6 is 11.6 Å².